The summed E-state index contributed by atoms with van der Waals surface area (Å²) in [6.45, 7) is 1.51. The maximum absolute atomic E-state index is 8.95. The first-order chi connectivity index (χ1) is 7.28. The topological polar surface area (TPSA) is 39.9 Å². The minimum Gasteiger partial charge on any atom is -0.306 e. The summed E-state index contributed by atoms with van der Waals surface area (Å²) in [5.74, 6) is 0.727. The van der Waals surface area contributed by atoms with Crippen molar-refractivity contribution in [2.45, 2.75) is 19.4 Å². The van der Waals surface area contributed by atoms with Crippen LogP contribution in [0.3, 0.4) is 0 Å². The lowest BCUT2D eigenvalue weighted by Gasteiger charge is -2.14. The Morgan fingerprint density at radius 3 is 2.87 bits per heavy atom. The molecule has 0 saturated heterocycles. The molecule has 0 radical (unpaired) electrons. The predicted molar refractivity (Wildman–Crippen MR) is 58.0 cm³/mol. The first-order valence-electron chi connectivity index (χ1n) is 5.03. The number of hydrogen-bond donors (Lipinski definition) is 0. The number of nitrogens with zero attached hydrogens (tertiary/aromatic N) is 3. The molecule has 3 nitrogen and oxygen atoms in total. The summed E-state index contributed by atoms with van der Waals surface area (Å²) in [7, 11) is 0. The van der Waals surface area contributed by atoms with E-state index in [9.17, 15) is 0 Å². The average Bonchev–Trinajstić information content (AvgIpc) is 3.04. The highest BCUT2D eigenvalue weighted by atomic mass is 35.5. The summed E-state index contributed by atoms with van der Waals surface area (Å²) in [6.07, 6.45) is 6.45. The van der Waals surface area contributed by atoms with Gasteiger partial charge in [0.25, 0.3) is 0 Å². The highest BCUT2D eigenvalue weighted by Gasteiger charge is 2.23. The third kappa shape index (κ3) is 3.10. The van der Waals surface area contributed by atoms with Crippen LogP contribution in [0, 0.1) is 17.4 Å². The molecule has 0 aromatic carbocycles. The Hall–Kier alpha value is -1.27. The van der Waals surface area contributed by atoms with Crippen LogP contribution < -0.4 is 0 Å². The predicted octanol–water partition coefficient (Wildman–Crippen LogP) is 2.43. The maximum atomic E-state index is 8.95. The van der Waals surface area contributed by atoms with Crippen molar-refractivity contribution in [3.63, 3.8) is 0 Å². The lowest BCUT2D eigenvalue weighted by molar-refractivity contribution is 0.368. The van der Waals surface area contributed by atoms with Crippen LogP contribution in [0.2, 0.25) is 5.15 Å². The van der Waals surface area contributed by atoms with Crippen molar-refractivity contribution in [2.75, 3.05) is 6.54 Å². The van der Waals surface area contributed by atoms with Gasteiger partial charge < -0.3 is 4.90 Å². The van der Waals surface area contributed by atoms with Crippen molar-refractivity contribution < 1.29 is 0 Å². The molecule has 15 heavy (non-hydrogen) atoms. The van der Waals surface area contributed by atoms with Gasteiger partial charge in [0, 0.05) is 12.7 Å². The molecule has 0 spiro atoms. The van der Waals surface area contributed by atoms with Gasteiger partial charge in [-0.3, -0.25) is 0 Å². The van der Waals surface area contributed by atoms with E-state index >= 15 is 0 Å². The highest BCUT2D eigenvalue weighted by Crippen LogP contribution is 2.29. The number of rotatable bonds is 4. The van der Waals surface area contributed by atoms with E-state index in [0.29, 0.717) is 11.7 Å². The lowest BCUT2D eigenvalue weighted by Crippen LogP contribution is -2.19. The largest absolute Gasteiger partial charge is 0.306 e. The molecule has 1 saturated carbocycles. The van der Waals surface area contributed by atoms with Crippen LogP contribution in [0.25, 0.3) is 0 Å². The summed E-state index contributed by atoms with van der Waals surface area (Å²) in [5.41, 5.74) is 1.03. The highest BCUT2D eigenvalue weighted by molar-refractivity contribution is 6.29. The molecule has 0 N–H and O–H groups in total. The van der Waals surface area contributed by atoms with Crippen LogP contribution in [0.5, 0.6) is 0 Å². The summed E-state index contributed by atoms with van der Waals surface area (Å²) in [6, 6.07) is 3.66. The molecule has 78 valence electrons. The average molecular weight is 222 g/mol. The van der Waals surface area contributed by atoms with Gasteiger partial charge in [0.2, 0.25) is 0 Å². The van der Waals surface area contributed by atoms with Gasteiger partial charge in [-0.15, -0.1) is 0 Å². The van der Waals surface area contributed by atoms with Crippen molar-refractivity contribution in [3.05, 3.63) is 29.0 Å². The summed E-state index contributed by atoms with van der Waals surface area (Å²) in [4.78, 5) is 5.77. The van der Waals surface area contributed by atoms with Gasteiger partial charge in [0.1, 0.15) is 5.15 Å². The van der Waals surface area contributed by atoms with Crippen LogP contribution in [-0.4, -0.2) is 16.4 Å². The number of nitriles is 1. The van der Waals surface area contributed by atoms with Crippen molar-refractivity contribution in [3.8, 4) is 6.19 Å². The maximum Gasteiger partial charge on any atom is 0.179 e. The lowest BCUT2D eigenvalue weighted by atomic mass is 10.2. The Bertz CT molecular complexity index is 364. The fraction of sp³-hybridized carbons (Fsp3) is 0.455. The molecule has 1 aromatic heterocycles. The summed E-state index contributed by atoms with van der Waals surface area (Å²) >= 11 is 5.69. The van der Waals surface area contributed by atoms with Crippen LogP contribution >= 0.6 is 11.6 Å². The molecule has 0 atom stereocenters. The van der Waals surface area contributed by atoms with Gasteiger partial charge >= 0.3 is 0 Å². The van der Waals surface area contributed by atoms with Gasteiger partial charge in [-0.25, -0.2) is 4.98 Å². The van der Waals surface area contributed by atoms with Crippen LogP contribution in [0.1, 0.15) is 18.4 Å². The van der Waals surface area contributed by atoms with E-state index in [-0.39, 0.29) is 0 Å². The third-order valence-electron chi connectivity index (χ3n) is 2.48. The molecule has 0 unspecified atom stereocenters. The zero-order chi connectivity index (χ0) is 10.7. The Morgan fingerprint density at radius 2 is 2.33 bits per heavy atom. The van der Waals surface area contributed by atoms with E-state index < -0.39 is 0 Å². The molecule has 1 aliphatic carbocycles. The second-order valence-corrected chi connectivity index (χ2v) is 4.30. The molecule has 1 heterocycles. The Kier molecular flexibility index (Phi) is 3.08. The molecular weight excluding hydrogens is 210 g/mol. The molecule has 0 amide bonds. The summed E-state index contributed by atoms with van der Waals surface area (Å²) < 4.78 is 0. The quantitative estimate of drug-likeness (QED) is 0.445. The van der Waals surface area contributed by atoms with Gasteiger partial charge in [0.15, 0.2) is 6.19 Å². The van der Waals surface area contributed by atoms with Crippen LogP contribution in [-0.2, 0) is 6.54 Å². The van der Waals surface area contributed by atoms with E-state index in [1.807, 2.05) is 6.07 Å². The molecule has 0 bridgehead atoms. The van der Waals surface area contributed by atoms with Gasteiger partial charge in [-0.2, -0.15) is 5.26 Å². The monoisotopic (exact) mass is 221 g/mol. The molecule has 0 aliphatic heterocycles. The van der Waals surface area contributed by atoms with Crippen molar-refractivity contribution in [2.24, 2.45) is 5.92 Å². The van der Waals surface area contributed by atoms with E-state index in [1.165, 1.54) is 12.8 Å². The molecule has 2 rings (SSSR count). The van der Waals surface area contributed by atoms with Gasteiger partial charge in [0.05, 0.1) is 6.54 Å². The molecule has 1 fully saturated rings. The second kappa shape index (κ2) is 4.50. The Morgan fingerprint density at radius 1 is 1.53 bits per heavy atom. The summed E-state index contributed by atoms with van der Waals surface area (Å²) in [5, 5.41) is 9.44. The smallest absolute Gasteiger partial charge is 0.179 e. The number of hydrogen-bond acceptors (Lipinski definition) is 3. The fourth-order valence-electron chi connectivity index (χ4n) is 1.47. The van der Waals surface area contributed by atoms with Gasteiger partial charge in [-0.1, -0.05) is 17.7 Å². The molecule has 1 aliphatic rings. The number of halogens is 1. The number of aromatic nitrogens is 1. The van der Waals surface area contributed by atoms with Crippen molar-refractivity contribution in [1.82, 2.24) is 9.88 Å². The minimum atomic E-state index is 0.490. The normalized spacial score (nSPS) is 14.7. The van der Waals surface area contributed by atoms with Crippen molar-refractivity contribution in [1.29, 1.82) is 5.26 Å². The minimum absolute atomic E-state index is 0.490. The molecule has 1 aromatic rings. The second-order valence-electron chi connectivity index (χ2n) is 3.91. The zero-order valence-corrected chi connectivity index (χ0v) is 9.11. The van der Waals surface area contributed by atoms with E-state index in [0.717, 1.165) is 18.0 Å². The SMILES string of the molecule is N#CN(Cc1ccc(Cl)nc1)CC1CC1. The first-order valence-corrected chi connectivity index (χ1v) is 5.41. The van der Waals surface area contributed by atoms with E-state index in [2.05, 4.69) is 11.2 Å². The van der Waals surface area contributed by atoms with Crippen LogP contribution in [0.4, 0.5) is 0 Å². The van der Waals surface area contributed by atoms with Crippen LogP contribution in [0.15, 0.2) is 18.3 Å². The van der Waals surface area contributed by atoms with E-state index in [1.54, 1.807) is 17.2 Å². The third-order valence-corrected chi connectivity index (χ3v) is 2.70. The van der Waals surface area contributed by atoms with Crippen molar-refractivity contribution >= 4 is 11.6 Å². The molecule has 4 heteroatoms. The van der Waals surface area contributed by atoms with E-state index in [4.69, 9.17) is 16.9 Å². The Balaban J connectivity index is 1.93. The van der Waals surface area contributed by atoms with Gasteiger partial charge in [-0.05, 0) is 30.4 Å². The number of pyridine rings is 1. The molecular formula is C11H12ClN3. The fourth-order valence-corrected chi connectivity index (χ4v) is 1.58. The Labute approximate surface area is 94.3 Å². The zero-order valence-electron chi connectivity index (χ0n) is 8.36. The first kappa shape index (κ1) is 10.3. The standard InChI is InChI=1S/C11H12ClN3/c12-11-4-3-10(5-14-11)7-15(8-13)6-9-1-2-9/h3-5,9H,1-2,6-7H2.